The van der Waals surface area contributed by atoms with E-state index in [1.165, 1.54) is 11.1 Å². The molecule has 0 fully saturated rings. The number of hydrogen-bond donors (Lipinski definition) is 0. The van der Waals surface area contributed by atoms with Gasteiger partial charge in [0.05, 0.1) is 17.5 Å². The molecule has 3 heteroatoms. The maximum Gasteiger partial charge on any atom is 0.224 e. The minimum Gasteiger partial charge on any atom is -0.477 e. The molecule has 23 heavy (non-hydrogen) atoms. The van der Waals surface area contributed by atoms with E-state index in [1.54, 1.807) is 6.33 Å². The van der Waals surface area contributed by atoms with E-state index in [-0.39, 0.29) is 5.41 Å². The SMILES string of the molecule is CC(C)(C)c1cccc(CCOc2ncnc3ccccc23)c1. The van der Waals surface area contributed by atoms with Crippen LogP contribution in [-0.4, -0.2) is 16.6 Å². The summed E-state index contributed by atoms with van der Waals surface area (Å²) in [5, 5.41) is 0.957. The lowest BCUT2D eigenvalue weighted by molar-refractivity contribution is 0.313. The normalized spacial score (nSPS) is 11.6. The second kappa shape index (κ2) is 6.37. The van der Waals surface area contributed by atoms with E-state index in [9.17, 15) is 0 Å². The minimum atomic E-state index is 0.166. The molecule has 0 spiro atoms. The van der Waals surface area contributed by atoms with Crippen molar-refractivity contribution in [1.82, 2.24) is 9.97 Å². The van der Waals surface area contributed by atoms with Crippen molar-refractivity contribution in [3.8, 4) is 5.88 Å². The summed E-state index contributed by atoms with van der Waals surface area (Å²) in [6.07, 6.45) is 2.42. The molecule has 118 valence electrons. The van der Waals surface area contributed by atoms with Gasteiger partial charge in [0.2, 0.25) is 5.88 Å². The summed E-state index contributed by atoms with van der Waals surface area (Å²) in [5.41, 5.74) is 3.71. The van der Waals surface area contributed by atoms with Crippen molar-refractivity contribution >= 4 is 10.9 Å². The van der Waals surface area contributed by atoms with Crippen LogP contribution in [0.5, 0.6) is 5.88 Å². The first-order chi connectivity index (χ1) is 11.0. The predicted molar refractivity (Wildman–Crippen MR) is 93.9 cm³/mol. The van der Waals surface area contributed by atoms with Crippen LogP contribution in [0.4, 0.5) is 0 Å². The molecule has 2 aromatic carbocycles. The molecule has 0 amide bonds. The maximum absolute atomic E-state index is 5.90. The van der Waals surface area contributed by atoms with Gasteiger partial charge in [0.25, 0.3) is 0 Å². The first-order valence-corrected chi connectivity index (χ1v) is 7.96. The van der Waals surface area contributed by atoms with Gasteiger partial charge in [-0.1, -0.05) is 57.2 Å². The summed E-state index contributed by atoms with van der Waals surface area (Å²) in [6, 6.07) is 16.6. The van der Waals surface area contributed by atoms with Crippen LogP contribution < -0.4 is 4.74 Å². The highest BCUT2D eigenvalue weighted by Crippen LogP contribution is 2.23. The fourth-order valence-corrected chi connectivity index (χ4v) is 2.55. The molecule has 0 aliphatic carbocycles. The van der Waals surface area contributed by atoms with Gasteiger partial charge in [-0.2, -0.15) is 0 Å². The molecule has 0 saturated heterocycles. The van der Waals surface area contributed by atoms with E-state index in [1.807, 2.05) is 24.3 Å². The average molecular weight is 306 g/mol. The van der Waals surface area contributed by atoms with Gasteiger partial charge in [0.1, 0.15) is 6.33 Å². The third-order valence-corrected chi connectivity index (χ3v) is 3.93. The van der Waals surface area contributed by atoms with Gasteiger partial charge in [-0.3, -0.25) is 0 Å². The lowest BCUT2D eigenvalue weighted by atomic mass is 9.86. The van der Waals surface area contributed by atoms with E-state index in [4.69, 9.17) is 4.74 Å². The molecule has 3 rings (SSSR count). The number of nitrogens with zero attached hydrogens (tertiary/aromatic N) is 2. The van der Waals surface area contributed by atoms with Crippen molar-refractivity contribution in [1.29, 1.82) is 0 Å². The Kier molecular flexibility index (Phi) is 4.28. The fraction of sp³-hybridized carbons (Fsp3) is 0.300. The van der Waals surface area contributed by atoms with Crippen LogP contribution >= 0.6 is 0 Å². The van der Waals surface area contributed by atoms with Crippen molar-refractivity contribution in [3.05, 3.63) is 66.0 Å². The molecule has 0 atom stereocenters. The van der Waals surface area contributed by atoms with Crippen LogP contribution in [0.25, 0.3) is 10.9 Å². The van der Waals surface area contributed by atoms with Crippen LogP contribution in [0.2, 0.25) is 0 Å². The first-order valence-electron chi connectivity index (χ1n) is 7.96. The Balaban J connectivity index is 1.70. The lowest BCUT2D eigenvalue weighted by Crippen LogP contribution is -2.11. The Hall–Kier alpha value is -2.42. The van der Waals surface area contributed by atoms with Crippen molar-refractivity contribution in [2.24, 2.45) is 0 Å². The highest BCUT2D eigenvalue weighted by molar-refractivity contribution is 5.82. The second-order valence-corrected chi connectivity index (χ2v) is 6.74. The van der Waals surface area contributed by atoms with Crippen LogP contribution in [0, 0.1) is 0 Å². The standard InChI is InChI=1S/C20H22N2O/c1-20(2,3)16-8-6-7-15(13-16)11-12-23-19-17-9-4-5-10-18(17)21-14-22-19/h4-10,13-14H,11-12H2,1-3H3. The molecule has 1 heterocycles. The van der Waals surface area contributed by atoms with Crippen molar-refractivity contribution < 1.29 is 4.74 Å². The molecule has 0 aliphatic rings. The van der Waals surface area contributed by atoms with Crippen molar-refractivity contribution in [3.63, 3.8) is 0 Å². The Morgan fingerprint density at radius 1 is 0.957 bits per heavy atom. The maximum atomic E-state index is 5.90. The Morgan fingerprint density at radius 2 is 1.78 bits per heavy atom. The third kappa shape index (κ3) is 3.67. The summed E-state index contributed by atoms with van der Waals surface area (Å²) in [7, 11) is 0. The average Bonchev–Trinajstić information content (AvgIpc) is 2.55. The molecule has 0 saturated carbocycles. The molecular weight excluding hydrogens is 284 g/mol. The van der Waals surface area contributed by atoms with Gasteiger partial charge in [0, 0.05) is 6.42 Å². The Labute approximate surface area is 137 Å². The van der Waals surface area contributed by atoms with Crippen LogP contribution in [0.15, 0.2) is 54.9 Å². The number of hydrogen-bond acceptors (Lipinski definition) is 3. The number of ether oxygens (including phenoxy) is 1. The van der Waals surface area contributed by atoms with Crippen LogP contribution in [0.3, 0.4) is 0 Å². The first kappa shape index (κ1) is 15.5. The molecule has 3 nitrogen and oxygen atoms in total. The van der Waals surface area contributed by atoms with Gasteiger partial charge in [-0.25, -0.2) is 9.97 Å². The van der Waals surface area contributed by atoms with Gasteiger partial charge in [0.15, 0.2) is 0 Å². The van der Waals surface area contributed by atoms with E-state index in [2.05, 4.69) is 55.0 Å². The second-order valence-electron chi connectivity index (χ2n) is 6.74. The number of aromatic nitrogens is 2. The monoisotopic (exact) mass is 306 g/mol. The topological polar surface area (TPSA) is 35.0 Å². The van der Waals surface area contributed by atoms with E-state index >= 15 is 0 Å². The largest absolute Gasteiger partial charge is 0.477 e. The molecule has 0 unspecified atom stereocenters. The van der Waals surface area contributed by atoms with Gasteiger partial charge in [-0.15, -0.1) is 0 Å². The molecule has 0 radical (unpaired) electrons. The summed E-state index contributed by atoms with van der Waals surface area (Å²) in [4.78, 5) is 8.52. The quantitative estimate of drug-likeness (QED) is 0.709. The number of benzene rings is 2. The number of para-hydroxylation sites is 1. The molecular formula is C20H22N2O. The number of rotatable bonds is 4. The van der Waals surface area contributed by atoms with Gasteiger partial charge in [-0.05, 0) is 28.7 Å². The van der Waals surface area contributed by atoms with Gasteiger partial charge >= 0.3 is 0 Å². The minimum absolute atomic E-state index is 0.166. The summed E-state index contributed by atoms with van der Waals surface area (Å²) in [5.74, 6) is 0.655. The molecule has 0 N–H and O–H groups in total. The molecule has 0 bridgehead atoms. The van der Waals surface area contributed by atoms with Crippen LogP contribution in [-0.2, 0) is 11.8 Å². The van der Waals surface area contributed by atoms with Crippen molar-refractivity contribution in [2.75, 3.05) is 6.61 Å². The van der Waals surface area contributed by atoms with E-state index in [0.29, 0.717) is 12.5 Å². The van der Waals surface area contributed by atoms with E-state index in [0.717, 1.165) is 17.3 Å². The zero-order valence-corrected chi connectivity index (χ0v) is 13.9. The highest BCUT2D eigenvalue weighted by atomic mass is 16.5. The predicted octanol–water partition coefficient (Wildman–Crippen LogP) is 4.55. The van der Waals surface area contributed by atoms with E-state index < -0.39 is 0 Å². The summed E-state index contributed by atoms with van der Waals surface area (Å²) >= 11 is 0. The Bertz CT molecular complexity index is 801. The smallest absolute Gasteiger partial charge is 0.224 e. The zero-order valence-electron chi connectivity index (χ0n) is 13.9. The highest BCUT2D eigenvalue weighted by Gasteiger charge is 2.13. The summed E-state index contributed by atoms with van der Waals surface area (Å²) in [6.45, 7) is 7.30. The summed E-state index contributed by atoms with van der Waals surface area (Å²) < 4.78 is 5.90. The molecule has 3 aromatic rings. The zero-order chi connectivity index (χ0) is 16.3. The number of fused-ring (bicyclic) bond motifs is 1. The molecule has 0 aliphatic heterocycles. The van der Waals surface area contributed by atoms with Crippen molar-refractivity contribution in [2.45, 2.75) is 32.6 Å². The van der Waals surface area contributed by atoms with Gasteiger partial charge < -0.3 is 4.74 Å². The third-order valence-electron chi connectivity index (χ3n) is 3.93. The lowest BCUT2D eigenvalue weighted by Gasteiger charge is -2.19. The fourth-order valence-electron chi connectivity index (χ4n) is 2.55. The van der Waals surface area contributed by atoms with Crippen LogP contribution in [0.1, 0.15) is 31.9 Å². The Morgan fingerprint density at radius 3 is 2.61 bits per heavy atom. The molecule has 1 aromatic heterocycles.